The number of aliphatic hydroxyl groups is 1. The number of rotatable bonds is 7. The second-order valence-electron chi connectivity index (χ2n) is 9.46. The number of aryl methyl sites for hydroxylation is 1. The van der Waals surface area contributed by atoms with Gasteiger partial charge in [-0.3, -0.25) is 4.68 Å². The lowest BCUT2D eigenvalue weighted by Gasteiger charge is -2.60. The average molecular weight is 432 g/mol. The number of nitrogens with zero attached hydrogens (tertiary/aromatic N) is 5. The van der Waals surface area contributed by atoms with Crippen molar-refractivity contribution in [2.75, 3.05) is 19.0 Å². The number of anilines is 2. The molecule has 3 aromatic heterocycles. The smallest absolute Gasteiger partial charge is 0.257 e. The minimum atomic E-state index is -2.49. The highest BCUT2D eigenvalue weighted by atomic mass is 16.5. The van der Waals surface area contributed by atoms with Crippen LogP contribution >= 0.6 is 0 Å². The monoisotopic (exact) mass is 431 g/mol. The maximum atomic E-state index is 10.5. The number of ether oxygens (including phenoxy) is 2. The Labute approximate surface area is 186 Å². The van der Waals surface area contributed by atoms with Crippen molar-refractivity contribution in [2.24, 2.45) is 17.8 Å². The number of fused-ring (bicyclic) bond motifs is 1. The molecule has 1 aliphatic carbocycles. The van der Waals surface area contributed by atoms with Crippen molar-refractivity contribution in [1.29, 1.82) is 0 Å². The lowest BCUT2D eigenvalue weighted by Crippen LogP contribution is -2.69. The summed E-state index contributed by atoms with van der Waals surface area (Å²) in [6.45, 7) is 7.71. The minimum Gasteiger partial charge on any atom is -0.470 e. The molecule has 9 heteroatoms. The largest absolute Gasteiger partial charge is 0.470 e. The summed E-state index contributed by atoms with van der Waals surface area (Å²) >= 11 is 0. The van der Waals surface area contributed by atoms with Gasteiger partial charge in [0.25, 0.3) is 5.88 Å². The Morgan fingerprint density at radius 3 is 2.74 bits per heavy atom. The molecule has 0 aromatic carbocycles. The van der Waals surface area contributed by atoms with Gasteiger partial charge in [-0.2, -0.15) is 4.98 Å². The Bertz CT molecular complexity index is 1170. The van der Waals surface area contributed by atoms with Gasteiger partial charge >= 0.3 is 0 Å². The first-order valence-electron chi connectivity index (χ1n) is 11.8. The van der Waals surface area contributed by atoms with Gasteiger partial charge in [-0.05, 0) is 13.0 Å². The SMILES string of the molecule is [2H]C([2H])([2H])n1cc(Nc2ncc3ccn([C@@H](C)COC)c3n2)c(O[C@H]2C(C)(C)[C@@H](O)C2(C)C)n1. The molecule has 168 valence electrons. The lowest BCUT2D eigenvalue weighted by molar-refractivity contribution is -0.237. The van der Waals surface area contributed by atoms with Crippen molar-refractivity contribution >= 4 is 22.7 Å². The van der Waals surface area contributed by atoms with Crippen molar-refractivity contribution in [2.45, 2.75) is 52.9 Å². The molecular weight excluding hydrogens is 396 g/mol. The summed E-state index contributed by atoms with van der Waals surface area (Å²) in [6, 6.07) is 2.00. The number of hydrogen-bond donors (Lipinski definition) is 2. The van der Waals surface area contributed by atoms with Gasteiger partial charge in [-0.25, -0.2) is 4.98 Å². The van der Waals surface area contributed by atoms with Gasteiger partial charge in [-0.15, -0.1) is 5.10 Å². The van der Waals surface area contributed by atoms with Crippen molar-refractivity contribution in [3.8, 4) is 5.88 Å². The Balaban J connectivity index is 1.68. The third kappa shape index (κ3) is 3.55. The zero-order valence-corrected chi connectivity index (χ0v) is 18.7. The van der Waals surface area contributed by atoms with E-state index in [1.54, 1.807) is 13.3 Å². The second kappa shape index (κ2) is 7.49. The Morgan fingerprint density at radius 1 is 1.32 bits per heavy atom. The molecule has 4 rings (SSSR count). The van der Waals surface area contributed by atoms with Gasteiger partial charge in [0.15, 0.2) is 0 Å². The molecule has 31 heavy (non-hydrogen) atoms. The molecule has 3 heterocycles. The van der Waals surface area contributed by atoms with Gasteiger partial charge in [-0.1, -0.05) is 27.7 Å². The molecule has 0 aliphatic heterocycles. The zero-order chi connectivity index (χ0) is 25.1. The Hall–Kier alpha value is -2.65. The summed E-state index contributed by atoms with van der Waals surface area (Å²) in [5, 5.41) is 18.7. The van der Waals surface area contributed by atoms with E-state index in [-0.39, 0.29) is 24.0 Å². The maximum Gasteiger partial charge on any atom is 0.257 e. The molecule has 2 N–H and O–H groups in total. The fourth-order valence-corrected chi connectivity index (χ4v) is 4.85. The van der Waals surface area contributed by atoms with E-state index in [0.717, 1.165) is 15.7 Å². The summed E-state index contributed by atoms with van der Waals surface area (Å²) < 4.78 is 37.6. The van der Waals surface area contributed by atoms with Crippen molar-refractivity contribution < 1.29 is 18.7 Å². The molecule has 0 spiro atoms. The highest BCUT2D eigenvalue weighted by molar-refractivity contribution is 5.77. The van der Waals surface area contributed by atoms with Crippen LogP contribution in [0.5, 0.6) is 5.88 Å². The van der Waals surface area contributed by atoms with Crippen LogP contribution in [0.1, 0.15) is 44.8 Å². The van der Waals surface area contributed by atoms with Crippen LogP contribution in [-0.4, -0.2) is 55.3 Å². The molecule has 9 nitrogen and oxygen atoms in total. The topological polar surface area (TPSA) is 99.3 Å². The summed E-state index contributed by atoms with van der Waals surface area (Å²) in [5.74, 6) is 0.389. The van der Waals surface area contributed by atoms with Crippen LogP contribution in [0.15, 0.2) is 24.7 Å². The Kier molecular flexibility index (Phi) is 4.34. The summed E-state index contributed by atoms with van der Waals surface area (Å²) in [7, 11) is 1.65. The van der Waals surface area contributed by atoms with Crippen molar-refractivity contribution in [3.05, 3.63) is 24.7 Å². The quantitative estimate of drug-likeness (QED) is 0.592. The van der Waals surface area contributed by atoms with Gasteiger partial charge < -0.3 is 24.5 Å². The minimum absolute atomic E-state index is 0.0666. The predicted octanol–water partition coefficient (Wildman–Crippen LogP) is 3.29. The van der Waals surface area contributed by atoms with E-state index in [4.69, 9.17) is 13.6 Å². The van der Waals surface area contributed by atoms with Crippen LogP contribution in [0, 0.1) is 10.8 Å². The van der Waals surface area contributed by atoms with Gasteiger partial charge in [0.2, 0.25) is 5.95 Å². The molecule has 0 saturated heterocycles. The van der Waals surface area contributed by atoms with Crippen LogP contribution < -0.4 is 10.1 Å². The second-order valence-corrected chi connectivity index (χ2v) is 9.46. The first-order valence-corrected chi connectivity index (χ1v) is 10.3. The van der Waals surface area contributed by atoms with E-state index in [1.807, 2.05) is 51.4 Å². The molecule has 1 aliphatic rings. The predicted molar refractivity (Wildman–Crippen MR) is 119 cm³/mol. The number of nitrogens with one attached hydrogen (secondary N) is 1. The lowest BCUT2D eigenvalue weighted by atomic mass is 9.51. The average Bonchev–Trinajstić information content (AvgIpc) is 3.35. The van der Waals surface area contributed by atoms with Gasteiger partial charge in [0.05, 0.1) is 24.9 Å². The van der Waals surface area contributed by atoms with Crippen molar-refractivity contribution in [1.82, 2.24) is 24.3 Å². The summed E-state index contributed by atoms with van der Waals surface area (Å²) in [5.41, 5.74) is -0.0140. The fourth-order valence-electron chi connectivity index (χ4n) is 4.85. The van der Waals surface area contributed by atoms with E-state index in [9.17, 15) is 5.11 Å². The third-order valence-corrected chi connectivity index (χ3v) is 6.26. The van der Waals surface area contributed by atoms with Crippen molar-refractivity contribution in [3.63, 3.8) is 0 Å². The Morgan fingerprint density at radius 2 is 2.06 bits per heavy atom. The van der Waals surface area contributed by atoms with E-state index >= 15 is 0 Å². The van der Waals surface area contributed by atoms with E-state index in [1.165, 1.54) is 6.20 Å². The number of methoxy groups -OCH3 is 1. The van der Waals surface area contributed by atoms with E-state index in [0.29, 0.717) is 12.3 Å². The summed E-state index contributed by atoms with van der Waals surface area (Å²) in [4.78, 5) is 9.02. The molecule has 0 amide bonds. The molecule has 0 unspecified atom stereocenters. The molecule has 3 aromatic rings. The molecule has 1 fully saturated rings. The highest BCUT2D eigenvalue weighted by Gasteiger charge is 2.63. The number of hydrogen-bond acceptors (Lipinski definition) is 7. The summed E-state index contributed by atoms with van der Waals surface area (Å²) in [6.07, 6.45) is 4.03. The maximum absolute atomic E-state index is 10.5. The first-order chi connectivity index (χ1) is 15.8. The fraction of sp³-hybridized carbons (Fsp3) is 0.591. The standard InChI is InChI=1S/C22H32N6O3/c1-13(12-30-7)28-9-8-14-10-23-20(25-16(14)28)24-15-11-27(6)26-17(15)31-19-21(2,3)18(29)22(19,4)5/h8-11,13,18-19,29H,12H2,1-7H3,(H,23,24,25)/t13-,18-,19+/m0/s1/i6D3. The van der Waals surface area contributed by atoms with Crippen LogP contribution in [0.2, 0.25) is 0 Å². The van der Waals surface area contributed by atoms with Crippen LogP contribution in [-0.2, 0) is 11.7 Å². The third-order valence-electron chi connectivity index (χ3n) is 6.26. The zero-order valence-electron chi connectivity index (χ0n) is 21.7. The van der Waals surface area contributed by atoms with Gasteiger partial charge in [0, 0.05) is 46.8 Å². The molecular formula is C22H32N6O3. The molecule has 0 radical (unpaired) electrons. The molecule has 1 saturated carbocycles. The van der Waals surface area contributed by atoms with Crippen LogP contribution in [0.3, 0.4) is 0 Å². The molecule has 0 bridgehead atoms. The van der Waals surface area contributed by atoms with Crippen LogP contribution in [0.25, 0.3) is 11.0 Å². The highest BCUT2D eigenvalue weighted by Crippen LogP contribution is 2.55. The number of aliphatic hydroxyl groups excluding tert-OH is 1. The normalized spacial score (nSPS) is 24.7. The first kappa shape index (κ1) is 18.0. The van der Waals surface area contributed by atoms with Crippen LogP contribution in [0.4, 0.5) is 11.6 Å². The van der Waals surface area contributed by atoms with E-state index < -0.39 is 23.9 Å². The molecule has 1 atom stereocenters. The number of aromatic nitrogens is 5. The van der Waals surface area contributed by atoms with E-state index in [2.05, 4.69) is 20.4 Å². The van der Waals surface area contributed by atoms with Gasteiger partial charge in [0.1, 0.15) is 17.4 Å².